The molecular weight excluding hydrogens is 825 g/mol. The molecule has 3 unspecified atom stereocenters. The number of aryl methyl sites for hydroxylation is 1. The quantitative estimate of drug-likeness (QED) is 0.184. The van der Waals surface area contributed by atoms with Crippen LogP contribution in [0.1, 0.15) is 57.4 Å². The number of hydrogen-bond acceptors (Lipinski definition) is 11. The van der Waals surface area contributed by atoms with Gasteiger partial charge in [0.15, 0.2) is 11.4 Å². The summed E-state index contributed by atoms with van der Waals surface area (Å²) in [7, 11) is 2.45. The van der Waals surface area contributed by atoms with Crippen LogP contribution in [0.15, 0.2) is 30.5 Å². The van der Waals surface area contributed by atoms with E-state index in [1.54, 1.807) is 11.8 Å². The highest BCUT2D eigenvalue weighted by atomic mass is 19.4. The average Bonchev–Trinajstić information content (AvgIpc) is 3.97. The Balaban J connectivity index is 1.20. The highest BCUT2D eigenvalue weighted by Crippen LogP contribution is 2.44. The third kappa shape index (κ3) is 7.17. The number of rotatable bonds is 5. The monoisotopic (exact) mass is 871 g/mol. The second-order valence-electron chi connectivity index (χ2n) is 17.5. The van der Waals surface area contributed by atoms with Crippen LogP contribution in [0.3, 0.4) is 0 Å². The van der Waals surface area contributed by atoms with Crippen molar-refractivity contribution in [2.45, 2.75) is 87.3 Å². The van der Waals surface area contributed by atoms with Crippen molar-refractivity contribution in [1.29, 1.82) is 0 Å². The van der Waals surface area contributed by atoms with E-state index in [9.17, 15) is 22.8 Å². The first kappa shape index (κ1) is 42.1. The molecule has 4 saturated heterocycles. The minimum absolute atomic E-state index is 0.00644. The summed E-state index contributed by atoms with van der Waals surface area (Å²) in [6.45, 7) is 2.52. The lowest BCUT2D eigenvalue weighted by Gasteiger charge is -2.47. The second-order valence-corrected chi connectivity index (χ2v) is 17.5. The Labute approximate surface area is 353 Å². The number of carbonyl (C=O) groups excluding carboxylic acids is 2. The fraction of sp³-hybridized carbons (Fsp3) is 0.558. The number of alkyl halides is 4. The molecule has 2 aromatic carbocycles. The molecule has 19 heteroatoms. The zero-order valence-corrected chi connectivity index (χ0v) is 34.6. The highest BCUT2D eigenvalue weighted by Gasteiger charge is 2.60. The minimum Gasteiger partial charge on any atom is -0.461 e. The Morgan fingerprint density at radius 3 is 2.53 bits per heavy atom. The number of nitrogens with zero attached hydrogens (tertiary/aromatic N) is 7. The lowest BCUT2D eigenvalue weighted by atomic mass is 9.88. The normalized spacial score (nSPS) is 25.5. The van der Waals surface area contributed by atoms with Gasteiger partial charge < -0.3 is 33.6 Å². The molecular formula is C43H47F6N7O6. The summed E-state index contributed by atoms with van der Waals surface area (Å²) in [5.41, 5.74) is -4.33. The molecule has 332 valence electrons. The van der Waals surface area contributed by atoms with E-state index in [-0.39, 0.29) is 108 Å². The molecule has 2 amide bonds. The van der Waals surface area contributed by atoms with E-state index in [4.69, 9.17) is 23.9 Å². The molecule has 2 aromatic heterocycles. The number of likely N-dealkylation sites (N-methyl/N-ethyl adjacent to an activating group) is 1. The Kier molecular flexibility index (Phi) is 10.6. The van der Waals surface area contributed by atoms with Gasteiger partial charge >= 0.3 is 24.4 Å². The van der Waals surface area contributed by atoms with Gasteiger partial charge in [-0.05, 0) is 93.1 Å². The van der Waals surface area contributed by atoms with E-state index in [1.165, 1.54) is 42.4 Å². The van der Waals surface area contributed by atoms with Crippen molar-refractivity contribution in [2.24, 2.45) is 0 Å². The Morgan fingerprint density at radius 2 is 1.81 bits per heavy atom. The van der Waals surface area contributed by atoms with Gasteiger partial charge in [0.25, 0.3) is 0 Å². The van der Waals surface area contributed by atoms with Crippen LogP contribution in [0.4, 0.5) is 41.7 Å². The number of carbonyl (C=O) groups is 2. The number of halogens is 6. The molecule has 0 saturated carbocycles. The van der Waals surface area contributed by atoms with Gasteiger partial charge in [0.2, 0.25) is 0 Å². The van der Waals surface area contributed by atoms with Gasteiger partial charge in [-0.3, -0.25) is 9.88 Å². The number of pyridine rings is 1. The molecule has 0 spiro atoms. The topological polar surface area (TPSA) is 123 Å². The summed E-state index contributed by atoms with van der Waals surface area (Å²) < 4.78 is 114. The van der Waals surface area contributed by atoms with Gasteiger partial charge in [0, 0.05) is 51.8 Å². The molecule has 6 aliphatic heterocycles. The first-order chi connectivity index (χ1) is 29.5. The Bertz CT molecular complexity index is 2430. The summed E-state index contributed by atoms with van der Waals surface area (Å²) in [5, 5.41) is 0.622. The van der Waals surface area contributed by atoms with Crippen LogP contribution >= 0.6 is 0 Å². The molecule has 4 aromatic rings. The first-order valence-corrected chi connectivity index (χ1v) is 20.9. The molecule has 6 aliphatic rings. The zero-order chi connectivity index (χ0) is 43.8. The van der Waals surface area contributed by atoms with E-state index in [2.05, 4.69) is 14.9 Å². The average molecular weight is 872 g/mol. The predicted molar refractivity (Wildman–Crippen MR) is 214 cm³/mol. The number of benzene rings is 2. The standard InChI is InChI=1S/C43H47F6N7O6/c1-40-19-26(44)21-55(22-40)36-30-20-50-34(33(46)35(30)51-37(52-36)61-24-41-10-5-13-56(41)14-6-11-41)29-18-27(62-39(58)54-15-12-42(23-54,59-3)43(47,48)49)17-25-8-9-31(45)28(32(25)29)7-4-16-60-38(57)53(40)2/h8-9,17-18,20,26H,4-7,10-16,19,21-24H2,1-3H3. The van der Waals surface area contributed by atoms with E-state index in [0.29, 0.717) is 5.39 Å². The van der Waals surface area contributed by atoms with Crippen molar-refractivity contribution in [3.05, 3.63) is 47.7 Å². The highest BCUT2D eigenvalue weighted by molar-refractivity contribution is 6.02. The number of hydrogen-bond donors (Lipinski definition) is 0. The predicted octanol–water partition coefficient (Wildman–Crippen LogP) is 7.60. The molecule has 13 nitrogen and oxygen atoms in total. The number of amides is 2. The number of methoxy groups -OCH3 is 1. The number of fused-ring (bicyclic) bond motifs is 7. The van der Waals surface area contributed by atoms with Gasteiger partial charge in [-0.1, -0.05) is 6.07 Å². The maximum absolute atomic E-state index is 17.6. The van der Waals surface area contributed by atoms with Crippen molar-refractivity contribution >= 4 is 39.7 Å². The summed E-state index contributed by atoms with van der Waals surface area (Å²) in [6, 6.07) is 5.13. The van der Waals surface area contributed by atoms with Crippen molar-refractivity contribution in [3.8, 4) is 23.0 Å². The summed E-state index contributed by atoms with van der Waals surface area (Å²) in [6.07, 6.45) is -3.23. The van der Waals surface area contributed by atoms with Crippen LogP contribution in [0.5, 0.6) is 11.8 Å². The summed E-state index contributed by atoms with van der Waals surface area (Å²) in [4.78, 5) is 47.1. The maximum Gasteiger partial charge on any atom is 0.419 e. The van der Waals surface area contributed by atoms with Gasteiger partial charge in [-0.2, -0.15) is 23.1 Å². The van der Waals surface area contributed by atoms with Gasteiger partial charge in [0.1, 0.15) is 41.4 Å². The van der Waals surface area contributed by atoms with E-state index in [1.807, 2.05) is 0 Å². The lowest BCUT2D eigenvalue weighted by molar-refractivity contribution is -0.263. The Hall–Kier alpha value is -5.17. The third-order valence-electron chi connectivity index (χ3n) is 13.7. The first-order valence-electron chi connectivity index (χ1n) is 20.9. The minimum atomic E-state index is -4.76. The lowest BCUT2D eigenvalue weighted by Crippen LogP contribution is -2.60. The number of piperidine rings is 1. The molecule has 0 aliphatic carbocycles. The number of aromatic nitrogens is 3. The molecule has 4 fully saturated rings. The SMILES string of the molecule is COC1(C(F)(F)F)CCN(C(=O)Oc2cc3c4c(c(F)ccc4c2)CCCOC(=O)N(C)C2(C)CC(F)CN(C2)c2nc(OCC45CCCN4CCC5)nc4c(F)c-3ncc24)C1. The van der Waals surface area contributed by atoms with Crippen LogP contribution in [0.2, 0.25) is 0 Å². The Morgan fingerprint density at radius 1 is 1.03 bits per heavy atom. The fourth-order valence-corrected chi connectivity index (χ4v) is 10.2. The van der Waals surface area contributed by atoms with E-state index < -0.39 is 60.3 Å². The second kappa shape index (κ2) is 15.6. The molecule has 10 rings (SSSR count). The van der Waals surface area contributed by atoms with E-state index in [0.717, 1.165) is 50.8 Å². The molecule has 0 N–H and O–H groups in total. The van der Waals surface area contributed by atoms with Crippen LogP contribution in [0.25, 0.3) is 32.9 Å². The van der Waals surface area contributed by atoms with Crippen molar-refractivity contribution in [2.75, 3.05) is 71.5 Å². The van der Waals surface area contributed by atoms with E-state index >= 15 is 13.2 Å². The van der Waals surface area contributed by atoms with Crippen LogP contribution in [0, 0.1) is 11.6 Å². The van der Waals surface area contributed by atoms with Crippen LogP contribution in [-0.4, -0.2) is 138 Å². The van der Waals surface area contributed by atoms with Gasteiger partial charge in [-0.15, -0.1) is 0 Å². The molecule has 6 bridgehead atoms. The largest absolute Gasteiger partial charge is 0.461 e. The molecule has 0 radical (unpaired) electrons. The summed E-state index contributed by atoms with van der Waals surface area (Å²) in [5.74, 6) is -1.65. The maximum atomic E-state index is 17.6. The smallest absolute Gasteiger partial charge is 0.419 e. The van der Waals surface area contributed by atoms with Crippen LogP contribution < -0.4 is 14.4 Å². The number of likely N-dealkylation sites (tertiary alicyclic amines) is 1. The third-order valence-corrected chi connectivity index (χ3v) is 13.7. The summed E-state index contributed by atoms with van der Waals surface area (Å²) >= 11 is 0. The fourth-order valence-electron chi connectivity index (χ4n) is 10.2. The molecule has 62 heavy (non-hydrogen) atoms. The van der Waals surface area contributed by atoms with Gasteiger partial charge in [-0.25, -0.2) is 22.8 Å². The molecule has 3 atom stereocenters. The number of ether oxygens (including phenoxy) is 4. The number of anilines is 1. The van der Waals surface area contributed by atoms with Gasteiger partial charge in [0.05, 0.1) is 36.2 Å². The van der Waals surface area contributed by atoms with Crippen LogP contribution in [-0.2, 0) is 15.9 Å². The molecule has 8 heterocycles. The van der Waals surface area contributed by atoms with Crippen molar-refractivity contribution < 1.29 is 54.9 Å². The van der Waals surface area contributed by atoms with Crippen molar-refractivity contribution in [1.82, 2.24) is 29.7 Å². The van der Waals surface area contributed by atoms with Crippen molar-refractivity contribution in [3.63, 3.8) is 0 Å². The zero-order valence-electron chi connectivity index (χ0n) is 34.6.